The quantitative estimate of drug-likeness (QED) is 0.897. The molecule has 5 heteroatoms. The van der Waals surface area contributed by atoms with Crippen molar-refractivity contribution < 1.29 is 0 Å². The Labute approximate surface area is 104 Å². The number of hydrogen-bond donors (Lipinski definition) is 1. The van der Waals surface area contributed by atoms with E-state index in [1.807, 2.05) is 25.1 Å². The number of benzene rings is 1. The average molecular weight is 256 g/mol. The van der Waals surface area contributed by atoms with Crippen LogP contribution in [0.15, 0.2) is 24.3 Å². The molecular weight excluding hydrogens is 245 g/mol. The first kappa shape index (κ1) is 11.5. The van der Waals surface area contributed by atoms with Crippen LogP contribution in [0.2, 0.25) is 10.0 Å². The molecule has 0 saturated carbocycles. The highest BCUT2D eigenvalue weighted by atomic mass is 35.5. The fourth-order valence-electron chi connectivity index (χ4n) is 1.54. The summed E-state index contributed by atoms with van der Waals surface area (Å²) >= 11 is 12.1. The zero-order valence-corrected chi connectivity index (χ0v) is 10.3. The van der Waals surface area contributed by atoms with E-state index in [2.05, 4.69) is 5.10 Å². The number of nitrogens with two attached hydrogens (primary N) is 1. The molecule has 0 aliphatic heterocycles. The lowest BCUT2D eigenvalue weighted by atomic mass is 10.3. The Morgan fingerprint density at radius 2 is 2.12 bits per heavy atom. The molecule has 0 radical (unpaired) electrons. The number of aryl methyl sites for hydroxylation is 1. The molecule has 84 valence electrons. The van der Waals surface area contributed by atoms with Gasteiger partial charge in [-0.3, -0.25) is 0 Å². The minimum absolute atomic E-state index is 0.409. The van der Waals surface area contributed by atoms with Gasteiger partial charge in [-0.1, -0.05) is 29.3 Å². The Kier molecular flexibility index (Phi) is 3.19. The molecule has 1 aromatic heterocycles. The van der Waals surface area contributed by atoms with Crippen LogP contribution in [0.25, 0.3) is 5.69 Å². The lowest BCUT2D eigenvalue weighted by Crippen LogP contribution is -2.02. The van der Waals surface area contributed by atoms with Crippen molar-refractivity contribution in [3.63, 3.8) is 0 Å². The highest BCUT2D eigenvalue weighted by Gasteiger charge is 2.10. The standard InChI is InChI=1S/C11H11Cl2N3/c1-7-5-8(6-14)15-16(7)10-4-2-3-9(12)11(10)13/h2-5H,6,14H2,1H3. The van der Waals surface area contributed by atoms with Crippen LogP contribution >= 0.6 is 23.2 Å². The molecule has 0 unspecified atom stereocenters. The summed E-state index contributed by atoms with van der Waals surface area (Å²) in [7, 11) is 0. The Morgan fingerprint density at radius 3 is 2.75 bits per heavy atom. The van der Waals surface area contributed by atoms with Gasteiger partial charge in [0.25, 0.3) is 0 Å². The van der Waals surface area contributed by atoms with E-state index >= 15 is 0 Å². The van der Waals surface area contributed by atoms with E-state index in [0.717, 1.165) is 17.1 Å². The highest BCUT2D eigenvalue weighted by molar-refractivity contribution is 6.43. The number of hydrogen-bond acceptors (Lipinski definition) is 2. The van der Waals surface area contributed by atoms with Crippen molar-refractivity contribution in [2.75, 3.05) is 0 Å². The van der Waals surface area contributed by atoms with Gasteiger partial charge >= 0.3 is 0 Å². The molecule has 0 saturated heterocycles. The summed E-state index contributed by atoms with van der Waals surface area (Å²) in [4.78, 5) is 0. The average Bonchev–Trinajstić information content (AvgIpc) is 2.64. The van der Waals surface area contributed by atoms with E-state index in [1.165, 1.54) is 0 Å². The molecule has 0 amide bonds. The minimum atomic E-state index is 0.409. The first-order chi connectivity index (χ1) is 7.63. The van der Waals surface area contributed by atoms with Crippen LogP contribution in [0.3, 0.4) is 0 Å². The molecule has 1 heterocycles. The second-order valence-electron chi connectivity index (χ2n) is 3.47. The summed E-state index contributed by atoms with van der Waals surface area (Å²) in [6.45, 7) is 2.36. The van der Waals surface area contributed by atoms with Crippen molar-refractivity contribution in [2.45, 2.75) is 13.5 Å². The van der Waals surface area contributed by atoms with Crippen LogP contribution in [0, 0.1) is 6.92 Å². The molecule has 0 aliphatic rings. The third-order valence-corrected chi connectivity index (χ3v) is 3.12. The molecule has 0 spiro atoms. The van der Waals surface area contributed by atoms with E-state index in [9.17, 15) is 0 Å². The summed E-state index contributed by atoms with van der Waals surface area (Å²) in [5.41, 5.74) is 8.12. The van der Waals surface area contributed by atoms with E-state index in [0.29, 0.717) is 16.6 Å². The van der Waals surface area contributed by atoms with Gasteiger partial charge < -0.3 is 5.73 Å². The monoisotopic (exact) mass is 255 g/mol. The number of halogens is 2. The van der Waals surface area contributed by atoms with Gasteiger partial charge in [0.2, 0.25) is 0 Å². The Bertz CT molecular complexity index is 520. The van der Waals surface area contributed by atoms with Crippen LogP contribution in [-0.4, -0.2) is 9.78 Å². The van der Waals surface area contributed by atoms with Crippen molar-refractivity contribution in [1.82, 2.24) is 9.78 Å². The van der Waals surface area contributed by atoms with Crippen molar-refractivity contribution in [3.8, 4) is 5.69 Å². The van der Waals surface area contributed by atoms with Crippen LogP contribution in [0.4, 0.5) is 0 Å². The second kappa shape index (κ2) is 4.45. The maximum absolute atomic E-state index is 6.13. The highest BCUT2D eigenvalue weighted by Crippen LogP contribution is 2.28. The van der Waals surface area contributed by atoms with E-state index in [1.54, 1.807) is 10.7 Å². The van der Waals surface area contributed by atoms with E-state index < -0.39 is 0 Å². The van der Waals surface area contributed by atoms with E-state index in [-0.39, 0.29) is 0 Å². The zero-order chi connectivity index (χ0) is 11.7. The maximum Gasteiger partial charge on any atom is 0.0850 e. The molecule has 0 aliphatic carbocycles. The summed E-state index contributed by atoms with van der Waals surface area (Å²) < 4.78 is 1.75. The molecule has 16 heavy (non-hydrogen) atoms. The molecule has 2 aromatic rings. The summed E-state index contributed by atoms with van der Waals surface area (Å²) in [6.07, 6.45) is 0. The van der Waals surface area contributed by atoms with Crippen LogP contribution in [-0.2, 0) is 6.54 Å². The molecule has 1 aromatic carbocycles. The topological polar surface area (TPSA) is 43.8 Å². The third-order valence-electron chi connectivity index (χ3n) is 2.31. The first-order valence-corrected chi connectivity index (χ1v) is 5.59. The SMILES string of the molecule is Cc1cc(CN)nn1-c1cccc(Cl)c1Cl. The van der Waals surface area contributed by atoms with Crippen molar-refractivity contribution in [1.29, 1.82) is 0 Å². The van der Waals surface area contributed by atoms with Gasteiger partial charge in [-0.15, -0.1) is 0 Å². The number of aromatic nitrogens is 2. The molecule has 2 rings (SSSR count). The minimum Gasteiger partial charge on any atom is -0.325 e. The van der Waals surface area contributed by atoms with Gasteiger partial charge in [0.15, 0.2) is 0 Å². The summed E-state index contributed by atoms with van der Waals surface area (Å²) in [5.74, 6) is 0. The maximum atomic E-state index is 6.13. The third kappa shape index (κ3) is 1.94. The van der Waals surface area contributed by atoms with Crippen LogP contribution in [0.1, 0.15) is 11.4 Å². The van der Waals surface area contributed by atoms with Crippen LogP contribution in [0.5, 0.6) is 0 Å². The fourth-order valence-corrected chi connectivity index (χ4v) is 1.91. The van der Waals surface area contributed by atoms with Crippen molar-refractivity contribution in [2.24, 2.45) is 5.73 Å². The smallest absolute Gasteiger partial charge is 0.0850 e. The molecule has 0 fully saturated rings. The largest absolute Gasteiger partial charge is 0.325 e. The predicted octanol–water partition coefficient (Wildman–Crippen LogP) is 2.95. The zero-order valence-electron chi connectivity index (χ0n) is 8.74. The van der Waals surface area contributed by atoms with Crippen molar-refractivity contribution >= 4 is 23.2 Å². The van der Waals surface area contributed by atoms with E-state index in [4.69, 9.17) is 28.9 Å². The molecule has 0 bridgehead atoms. The van der Waals surface area contributed by atoms with Gasteiger partial charge in [-0.25, -0.2) is 4.68 Å². The first-order valence-electron chi connectivity index (χ1n) is 4.83. The lowest BCUT2D eigenvalue weighted by Gasteiger charge is -2.07. The Balaban J connectivity index is 2.58. The molecule has 2 N–H and O–H groups in total. The molecular formula is C11H11Cl2N3. The molecule has 3 nitrogen and oxygen atoms in total. The summed E-state index contributed by atoms with van der Waals surface area (Å²) in [5, 5.41) is 5.37. The Hall–Kier alpha value is -1.03. The van der Waals surface area contributed by atoms with Crippen LogP contribution < -0.4 is 5.73 Å². The van der Waals surface area contributed by atoms with Gasteiger partial charge in [0, 0.05) is 12.2 Å². The van der Waals surface area contributed by atoms with Gasteiger partial charge in [-0.2, -0.15) is 5.10 Å². The number of rotatable bonds is 2. The second-order valence-corrected chi connectivity index (χ2v) is 4.25. The van der Waals surface area contributed by atoms with Crippen molar-refractivity contribution in [3.05, 3.63) is 45.7 Å². The Morgan fingerprint density at radius 1 is 1.38 bits per heavy atom. The molecule has 0 atom stereocenters. The summed E-state index contributed by atoms with van der Waals surface area (Å²) in [6, 6.07) is 7.38. The fraction of sp³-hybridized carbons (Fsp3) is 0.182. The normalized spacial score (nSPS) is 10.8. The van der Waals surface area contributed by atoms with Gasteiger partial charge in [0.1, 0.15) is 0 Å². The van der Waals surface area contributed by atoms with Gasteiger partial charge in [-0.05, 0) is 25.1 Å². The lowest BCUT2D eigenvalue weighted by molar-refractivity contribution is 0.813. The predicted molar refractivity (Wildman–Crippen MR) is 66.2 cm³/mol. The number of nitrogens with zero attached hydrogens (tertiary/aromatic N) is 2. The van der Waals surface area contributed by atoms with Gasteiger partial charge in [0.05, 0.1) is 21.4 Å².